The Hall–Kier alpha value is -1.04. The molecule has 0 spiro atoms. The maximum atomic E-state index is 12.7. The summed E-state index contributed by atoms with van der Waals surface area (Å²) in [6.07, 6.45) is 8.79. The van der Waals surface area contributed by atoms with Crippen LogP contribution < -0.4 is 15.5 Å². The molecule has 3 aliphatic heterocycles. The summed E-state index contributed by atoms with van der Waals surface area (Å²) in [5.41, 5.74) is 0.732. The second-order valence-corrected chi connectivity index (χ2v) is 6.85. The molecule has 0 radical (unpaired) electrons. The predicted octanol–water partition coefficient (Wildman–Crippen LogP) is 2.54. The van der Waals surface area contributed by atoms with E-state index < -0.39 is 0 Å². The van der Waals surface area contributed by atoms with E-state index in [1.165, 1.54) is 25.7 Å². The van der Waals surface area contributed by atoms with E-state index >= 15 is 0 Å². The van der Waals surface area contributed by atoms with Gasteiger partial charge in [0.25, 0.3) is 5.91 Å². The highest BCUT2D eigenvalue weighted by atomic mass is 35.5. The van der Waals surface area contributed by atoms with Crippen LogP contribution in [0.4, 0.5) is 5.82 Å². The smallest absolute Gasteiger partial charge is 0.255 e. The van der Waals surface area contributed by atoms with Gasteiger partial charge in [-0.2, -0.15) is 0 Å². The molecule has 3 aliphatic rings. The van der Waals surface area contributed by atoms with Crippen LogP contribution >= 0.6 is 24.8 Å². The van der Waals surface area contributed by atoms with Gasteiger partial charge in [0.1, 0.15) is 5.82 Å². The first kappa shape index (κ1) is 19.3. The molecule has 2 atom stereocenters. The number of fused-ring (bicyclic) bond motifs is 2. The average molecular weight is 373 g/mol. The Kier molecular flexibility index (Phi) is 6.72. The van der Waals surface area contributed by atoms with Gasteiger partial charge in [-0.3, -0.25) is 4.79 Å². The first-order valence-corrected chi connectivity index (χ1v) is 8.56. The summed E-state index contributed by atoms with van der Waals surface area (Å²) < 4.78 is 0. The van der Waals surface area contributed by atoms with Crippen molar-refractivity contribution in [3.05, 3.63) is 23.9 Å². The van der Waals surface area contributed by atoms with Crippen molar-refractivity contribution in [3.63, 3.8) is 0 Å². The van der Waals surface area contributed by atoms with Crippen LogP contribution in [0.1, 0.15) is 48.9 Å². The van der Waals surface area contributed by atoms with Gasteiger partial charge >= 0.3 is 0 Å². The molecule has 2 unspecified atom stereocenters. The lowest BCUT2D eigenvalue weighted by molar-refractivity contribution is 0.0924. The van der Waals surface area contributed by atoms with Crippen LogP contribution in [-0.2, 0) is 0 Å². The summed E-state index contributed by atoms with van der Waals surface area (Å²) in [6.45, 7) is 2.02. The molecule has 1 amide bonds. The fourth-order valence-electron chi connectivity index (χ4n) is 4.19. The first-order chi connectivity index (χ1) is 10.8. The molecule has 2 bridgehead atoms. The fourth-order valence-corrected chi connectivity index (χ4v) is 4.19. The van der Waals surface area contributed by atoms with Gasteiger partial charge < -0.3 is 15.5 Å². The number of carbonyl (C=O) groups is 1. The normalized spacial score (nSPS) is 28.0. The Morgan fingerprint density at radius 3 is 2.50 bits per heavy atom. The third kappa shape index (κ3) is 3.95. The number of piperidine rings is 1. The SMILES string of the molecule is Cl.Cl.O=C(NC1CC2CCC(C1)N2)c1cccnc1N1CCCC1. The van der Waals surface area contributed by atoms with Crippen LogP contribution in [0.3, 0.4) is 0 Å². The van der Waals surface area contributed by atoms with E-state index in [1.807, 2.05) is 12.1 Å². The van der Waals surface area contributed by atoms with Crippen molar-refractivity contribution >= 4 is 36.5 Å². The number of amides is 1. The van der Waals surface area contributed by atoms with Crippen LogP contribution in [-0.4, -0.2) is 42.1 Å². The van der Waals surface area contributed by atoms with Crippen LogP contribution in [0.5, 0.6) is 0 Å². The molecule has 0 aromatic carbocycles. The number of aromatic nitrogens is 1. The van der Waals surface area contributed by atoms with Gasteiger partial charge in [0.05, 0.1) is 5.56 Å². The summed E-state index contributed by atoms with van der Waals surface area (Å²) in [4.78, 5) is 19.4. The van der Waals surface area contributed by atoms with Crippen LogP contribution in [0.25, 0.3) is 0 Å². The molecule has 134 valence electrons. The number of hydrogen-bond acceptors (Lipinski definition) is 4. The van der Waals surface area contributed by atoms with Crippen molar-refractivity contribution in [2.45, 2.75) is 56.7 Å². The number of rotatable bonds is 3. The lowest BCUT2D eigenvalue weighted by Crippen LogP contribution is -2.48. The lowest BCUT2D eigenvalue weighted by atomic mass is 9.99. The zero-order chi connectivity index (χ0) is 14.9. The zero-order valence-corrected chi connectivity index (χ0v) is 15.4. The van der Waals surface area contributed by atoms with Gasteiger partial charge in [-0.15, -0.1) is 24.8 Å². The highest BCUT2D eigenvalue weighted by molar-refractivity contribution is 5.99. The van der Waals surface area contributed by atoms with Crippen LogP contribution in [0, 0.1) is 0 Å². The Morgan fingerprint density at radius 1 is 1.17 bits per heavy atom. The third-order valence-corrected chi connectivity index (χ3v) is 5.25. The van der Waals surface area contributed by atoms with E-state index in [0.717, 1.165) is 37.3 Å². The summed E-state index contributed by atoms with van der Waals surface area (Å²) in [5.74, 6) is 0.899. The van der Waals surface area contributed by atoms with E-state index in [0.29, 0.717) is 18.1 Å². The Bertz CT molecular complexity index is 553. The lowest BCUT2D eigenvalue weighted by Gasteiger charge is -2.30. The Balaban J connectivity index is 0.00000104. The Morgan fingerprint density at radius 2 is 1.83 bits per heavy atom. The van der Waals surface area contributed by atoms with Crippen molar-refractivity contribution in [2.75, 3.05) is 18.0 Å². The molecule has 5 nitrogen and oxygen atoms in total. The maximum Gasteiger partial charge on any atom is 0.255 e. The quantitative estimate of drug-likeness (QED) is 0.855. The second-order valence-electron chi connectivity index (χ2n) is 6.85. The molecule has 3 saturated heterocycles. The number of pyridine rings is 1. The van der Waals surface area contributed by atoms with Gasteiger partial charge in [0.2, 0.25) is 0 Å². The standard InChI is InChI=1S/C17H24N4O.2ClH/c22-17(20-14-10-12-5-6-13(11-14)19-12)15-4-3-7-18-16(15)21-8-1-2-9-21;;/h3-4,7,12-14,19H,1-2,5-6,8-11H2,(H,20,22);2*1H. The first-order valence-electron chi connectivity index (χ1n) is 8.56. The maximum absolute atomic E-state index is 12.7. The molecule has 2 N–H and O–H groups in total. The molecule has 1 aromatic heterocycles. The van der Waals surface area contributed by atoms with Gasteiger partial charge in [-0.1, -0.05) is 0 Å². The molecular weight excluding hydrogens is 347 g/mol. The number of hydrogen-bond donors (Lipinski definition) is 2. The molecular formula is C17H26Cl2N4O. The van der Waals surface area contributed by atoms with E-state index in [2.05, 4.69) is 20.5 Å². The minimum atomic E-state index is 0. The predicted molar refractivity (Wildman–Crippen MR) is 101 cm³/mol. The van der Waals surface area contributed by atoms with E-state index in [4.69, 9.17) is 0 Å². The molecule has 0 saturated carbocycles. The van der Waals surface area contributed by atoms with Crippen molar-refractivity contribution in [1.82, 2.24) is 15.6 Å². The number of anilines is 1. The minimum absolute atomic E-state index is 0. The number of nitrogens with zero attached hydrogens (tertiary/aromatic N) is 2. The van der Waals surface area contributed by atoms with Gasteiger partial charge in [-0.25, -0.2) is 4.98 Å². The topological polar surface area (TPSA) is 57.3 Å². The van der Waals surface area contributed by atoms with Crippen molar-refractivity contribution in [3.8, 4) is 0 Å². The number of halogens is 2. The molecule has 1 aromatic rings. The van der Waals surface area contributed by atoms with Crippen LogP contribution in [0.15, 0.2) is 18.3 Å². The van der Waals surface area contributed by atoms with Gasteiger partial charge in [0, 0.05) is 37.4 Å². The monoisotopic (exact) mass is 372 g/mol. The molecule has 7 heteroatoms. The van der Waals surface area contributed by atoms with Crippen molar-refractivity contribution < 1.29 is 4.79 Å². The van der Waals surface area contributed by atoms with Crippen molar-refractivity contribution in [1.29, 1.82) is 0 Å². The van der Waals surface area contributed by atoms with E-state index in [-0.39, 0.29) is 30.7 Å². The summed E-state index contributed by atoms with van der Waals surface area (Å²) >= 11 is 0. The minimum Gasteiger partial charge on any atom is -0.356 e. The number of nitrogens with one attached hydrogen (secondary N) is 2. The highest BCUT2D eigenvalue weighted by Gasteiger charge is 2.34. The van der Waals surface area contributed by atoms with Gasteiger partial charge in [-0.05, 0) is 50.7 Å². The van der Waals surface area contributed by atoms with E-state index in [9.17, 15) is 4.79 Å². The molecule has 4 heterocycles. The molecule has 4 rings (SSSR count). The summed E-state index contributed by atoms with van der Waals surface area (Å²) in [5, 5.41) is 6.87. The van der Waals surface area contributed by atoms with Gasteiger partial charge in [0.15, 0.2) is 0 Å². The van der Waals surface area contributed by atoms with E-state index in [1.54, 1.807) is 6.20 Å². The molecule has 24 heavy (non-hydrogen) atoms. The number of carbonyl (C=O) groups excluding carboxylic acids is 1. The Labute approximate surface area is 155 Å². The fraction of sp³-hybridized carbons (Fsp3) is 0.647. The summed E-state index contributed by atoms with van der Waals surface area (Å²) in [7, 11) is 0. The highest BCUT2D eigenvalue weighted by Crippen LogP contribution is 2.27. The second kappa shape index (κ2) is 8.37. The van der Waals surface area contributed by atoms with Crippen LogP contribution in [0.2, 0.25) is 0 Å². The largest absolute Gasteiger partial charge is 0.356 e. The molecule has 3 fully saturated rings. The average Bonchev–Trinajstić information content (AvgIpc) is 3.17. The summed E-state index contributed by atoms with van der Waals surface area (Å²) in [6, 6.07) is 5.26. The molecule has 0 aliphatic carbocycles. The third-order valence-electron chi connectivity index (χ3n) is 5.25. The zero-order valence-electron chi connectivity index (χ0n) is 13.7. The van der Waals surface area contributed by atoms with Crippen molar-refractivity contribution in [2.24, 2.45) is 0 Å².